The highest BCUT2D eigenvalue weighted by molar-refractivity contribution is 5.97. The summed E-state index contributed by atoms with van der Waals surface area (Å²) in [6.07, 6.45) is 5.21. The Morgan fingerprint density at radius 3 is 2.69 bits per heavy atom. The first-order valence-corrected chi connectivity index (χ1v) is 8.94. The summed E-state index contributed by atoms with van der Waals surface area (Å²) in [6, 6.07) is 15.5. The van der Waals surface area contributed by atoms with Crippen molar-refractivity contribution in [2.24, 2.45) is 5.92 Å². The Bertz CT molecular complexity index is 892. The topological polar surface area (TPSA) is 64.1 Å². The molecule has 0 bridgehead atoms. The van der Waals surface area contributed by atoms with Crippen molar-refractivity contribution in [2.45, 2.75) is 18.9 Å². The number of carbonyl (C=O) groups excluding carboxylic acids is 1. The third kappa shape index (κ3) is 3.73. The molecule has 1 aromatic heterocycles. The molecule has 2 heterocycles. The summed E-state index contributed by atoms with van der Waals surface area (Å²) in [7, 11) is 0. The number of hydrogen-bond acceptors (Lipinski definition) is 4. The lowest BCUT2D eigenvalue weighted by atomic mass is 9.94. The van der Waals surface area contributed by atoms with Gasteiger partial charge in [-0.05, 0) is 42.5 Å². The second-order valence-corrected chi connectivity index (χ2v) is 6.66. The number of aromatic nitrogens is 2. The lowest BCUT2D eigenvalue weighted by molar-refractivity contribution is 0.0929. The molecule has 1 aliphatic heterocycles. The Hall–Kier alpha value is -2.79. The van der Waals surface area contributed by atoms with E-state index in [2.05, 4.69) is 27.4 Å². The van der Waals surface area contributed by atoms with Crippen LogP contribution in [0.5, 0.6) is 0 Å². The van der Waals surface area contributed by atoms with E-state index in [9.17, 15) is 4.79 Å². The van der Waals surface area contributed by atoms with E-state index >= 15 is 0 Å². The fourth-order valence-corrected chi connectivity index (χ4v) is 3.41. The number of fused-ring (bicyclic) bond motifs is 1. The van der Waals surface area contributed by atoms with Crippen LogP contribution < -0.4 is 5.32 Å². The molecule has 1 N–H and O–H groups in total. The van der Waals surface area contributed by atoms with Gasteiger partial charge in [0.15, 0.2) is 0 Å². The molecule has 4 rings (SSSR count). The van der Waals surface area contributed by atoms with Crippen LogP contribution in [0.15, 0.2) is 60.9 Å². The summed E-state index contributed by atoms with van der Waals surface area (Å²) in [5.74, 6) is 0.383. The van der Waals surface area contributed by atoms with E-state index in [1.54, 1.807) is 24.5 Å². The molecule has 0 saturated carbocycles. The number of nitrogens with zero attached hydrogens (tertiary/aromatic N) is 2. The number of ether oxygens (including phenoxy) is 1. The number of rotatable bonds is 5. The Labute approximate surface area is 152 Å². The predicted molar refractivity (Wildman–Crippen MR) is 99.7 cm³/mol. The molecule has 1 fully saturated rings. The number of benzene rings is 2. The van der Waals surface area contributed by atoms with Gasteiger partial charge in [0.05, 0.1) is 17.1 Å². The molecule has 0 spiro atoms. The van der Waals surface area contributed by atoms with Crippen LogP contribution in [0, 0.1) is 5.92 Å². The van der Waals surface area contributed by atoms with Gasteiger partial charge in [0, 0.05) is 31.2 Å². The van der Waals surface area contributed by atoms with Crippen molar-refractivity contribution < 1.29 is 9.53 Å². The molecular weight excluding hydrogens is 326 g/mol. The van der Waals surface area contributed by atoms with Crippen LogP contribution in [-0.4, -0.2) is 29.1 Å². The molecule has 1 amide bonds. The Kier molecular flexibility index (Phi) is 4.88. The van der Waals surface area contributed by atoms with Crippen LogP contribution in [-0.2, 0) is 4.74 Å². The molecule has 26 heavy (non-hydrogen) atoms. The molecule has 0 unspecified atom stereocenters. The summed E-state index contributed by atoms with van der Waals surface area (Å²) < 4.78 is 5.50. The van der Waals surface area contributed by atoms with E-state index in [0.29, 0.717) is 11.5 Å². The summed E-state index contributed by atoms with van der Waals surface area (Å²) in [5.41, 5.74) is 3.22. The van der Waals surface area contributed by atoms with E-state index in [1.165, 1.54) is 0 Å². The van der Waals surface area contributed by atoms with Gasteiger partial charge in [0.25, 0.3) is 5.91 Å². The first-order chi connectivity index (χ1) is 12.8. The monoisotopic (exact) mass is 347 g/mol. The summed E-state index contributed by atoms with van der Waals surface area (Å²) >= 11 is 0. The third-order valence-electron chi connectivity index (χ3n) is 4.83. The van der Waals surface area contributed by atoms with Gasteiger partial charge in [-0.1, -0.05) is 30.3 Å². The smallest absolute Gasteiger partial charge is 0.251 e. The van der Waals surface area contributed by atoms with Gasteiger partial charge < -0.3 is 10.1 Å². The second-order valence-electron chi connectivity index (χ2n) is 6.66. The first kappa shape index (κ1) is 16.7. The molecule has 5 heteroatoms. The van der Waals surface area contributed by atoms with Crippen molar-refractivity contribution in [3.8, 4) is 0 Å². The summed E-state index contributed by atoms with van der Waals surface area (Å²) in [6.45, 7) is 1.58. The maximum atomic E-state index is 12.9. The fourth-order valence-electron chi connectivity index (χ4n) is 3.41. The second kappa shape index (κ2) is 7.62. The lowest BCUT2D eigenvalue weighted by Gasteiger charge is -2.22. The van der Waals surface area contributed by atoms with Crippen molar-refractivity contribution in [1.82, 2.24) is 15.3 Å². The van der Waals surface area contributed by atoms with E-state index in [1.807, 2.05) is 24.3 Å². The minimum atomic E-state index is -0.0923. The van der Waals surface area contributed by atoms with Crippen LogP contribution in [0.1, 0.15) is 34.8 Å². The Balaban J connectivity index is 1.56. The van der Waals surface area contributed by atoms with Crippen LogP contribution >= 0.6 is 0 Å². The zero-order valence-corrected chi connectivity index (χ0v) is 14.5. The number of nitrogens with one attached hydrogen (secondary N) is 1. The molecule has 2 aromatic carbocycles. The van der Waals surface area contributed by atoms with Gasteiger partial charge >= 0.3 is 0 Å². The molecule has 132 valence electrons. The van der Waals surface area contributed by atoms with Gasteiger partial charge in [0.1, 0.15) is 0 Å². The predicted octanol–water partition coefficient (Wildman–Crippen LogP) is 3.53. The normalized spacial score (nSPS) is 17.9. The van der Waals surface area contributed by atoms with E-state index in [0.717, 1.165) is 42.7 Å². The number of carbonyl (C=O) groups is 1. The van der Waals surface area contributed by atoms with Gasteiger partial charge in [-0.25, -0.2) is 0 Å². The molecule has 2 atom stereocenters. The van der Waals surface area contributed by atoms with Crippen LogP contribution in [0.3, 0.4) is 0 Å². The van der Waals surface area contributed by atoms with Crippen molar-refractivity contribution in [2.75, 3.05) is 13.2 Å². The van der Waals surface area contributed by atoms with Crippen LogP contribution in [0.2, 0.25) is 0 Å². The zero-order valence-electron chi connectivity index (χ0n) is 14.5. The highest BCUT2D eigenvalue weighted by atomic mass is 16.5. The lowest BCUT2D eigenvalue weighted by Crippen LogP contribution is -2.30. The number of amides is 1. The van der Waals surface area contributed by atoms with Crippen molar-refractivity contribution in [3.05, 3.63) is 72.1 Å². The largest absolute Gasteiger partial charge is 0.381 e. The molecule has 0 aliphatic carbocycles. The van der Waals surface area contributed by atoms with Gasteiger partial charge in [-0.2, -0.15) is 0 Å². The van der Waals surface area contributed by atoms with Crippen LogP contribution in [0.25, 0.3) is 11.0 Å². The third-order valence-corrected chi connectivity index (χ3v) is 4.83. The Morgan fingerprint density at radius 1 is 1.12 bits per heavy atom. The maximum absolute atomic E-state index is 12.9. The summed E-state index contributed by atoms with van der Waals surface area (Å²) in [4.78, 5) is 21.4. The molecule has 5 nitrogen and oxygen atoms in total. The van der Waals surface area contributed by atoms with Gasteiger partial charge in [-0.15, -0.1) is 0 Å². The summed E-state index contributed by atoms with van der Waals surface area (Å²) in [5, 5.41) is 3.20. The Morgan fingerprint density at radius 2 is 1.92 bits per heavy atom. The van der Waals surface area contributed by atoms with E-state index in [-0.39, 0.29) is 11.9 Å². The van der Waals surface area contributed by atoms with Gasteiger partial charge in [-0.3, -0.25) is 14.8 Å². The number of hydrogen-bond donors (Lipinski definition) is 1. The average molecular weight is 347 g/mol. The molecule has 1 aliphatic rings. The molecule has 3 aromatic rings. The van der Waals surface area contributed by atoms with Crippen LogP contribution in [0.4, 0.5) is 0 Å². The highest BCUT2D eigenvalue weighted by Crippen LogP contribution is 2.27. The maximum Gasteiger partial charge on any atom is 0.251 e. The highest BCUT2D eigenvalue weighted by Gasteiger charge is 2.23. The van der Waals surface area contributed by atoms with Crippen molar-refractivity contribution in [3.63, 3.8) is 0 Å². The van der Waals surface area contributed by atoms with Gasteiger partial charge in [0.2, 0.25) is 0 Å². The zero-order chi connectivity index (χ0) is 17.8. The minimum Gasteiger partial charge on any atom is -0.381 e. The van der Waals surface area contributed by atoms with E-state index < -0.39 is 0 Å². The minimum absolute atomic E-state index is 0.0343. The SMILES string of the molecule is O=C(N[C@H](C[C@@H]1CCOC1)c1ccccc1)c1ccc2nccnc2c1. The van der Waals surface area contributed by atoms with Crippen molar-refractivity contribution >= 4 is 16.9 Å². The molecule has 1 saturated heterocycles. The standard InChI is InChI=1S/C21H21N3O2/c25-21(17-6-7-18-20(13-17)23-10-9-22-18)24-19(12-15-8-11-26-14-15)16-4-2-1-3-5-16/h1-7,9-10,13,15,19H,8,11-12,14H2,(H,24,25)/t15-,19+/m0/s1. The fraction of sp³-hybridized carbons (Fsp3) is 0.286. The van der Waals surface area contributed by atoms with E-state index in [4.69, 9.17) is 4.74 Å². The average Bonchev–Trinajstić information content (AvgIpc) is 3.21. The quantitative estimate of drug-likeness (QED) is 0.767. The molecular formula is C21H21N3O2. The van der Waals surface area contributed by atoms with Crippen molar-refractivity contribution in [1.29, 1.82) is 0 Å². The molecule has 0 radical (unpaired) electrons. The first-order valence-electron chi connectivity index (χ1n) is 8.94.